The van der Waals surface area contributed by atoms with Gasteiger partial charge in [0.2, 0.25) is 5.91 Å². The van der Waals surface area contributed by atoms with Gasteiger partial charge >= 0.3 is 0 Å². The third-order valence-electron chi connectivity index (χ3n) is 5.41. The lowest BCUT2D eigenvalue weighted by Crippen LogP contribution is -2.28. The SMILES string of the molecule is COc1ccc(OC)c(-c2cc(-c3ccc(C)cc3)nn2-c2ccc(S(=O)(=O)NC(C)=O)cc2)c1. The van der Waals surface area contributed by atoms with Crippen molar-refractivity contribution in [3.63, 3.8) is 0 Å². The van der Waals surface area contributed by atoms with Crippen LogP contribution in [0.15, 0.2) is 77.7 Å². The zero-order chi connectivity index (χ0) is 25.2. The minimum absolute atomic E-state index is 0.0251. The van der Waals surface area contributed by atoms with Crippen molar-refractivity contribution in [2.75, 3.05) is 14.2 Å². The van der Waals surface area contributed by atoms with E-state index < -0.39 is 15.9 Å². The number of benzene rings is 3. The smallest absolute Gasteiger partial charge is 0.264 e. The van der Waals surface area contributed by atoms with E-state index in [-0.39, 0.29) is 4.90 Å². The van der Waals surface area contributed by atoms with Gasteiger partial charge in [-0.2, -0.15) is 5.10 Å². The molecule has 0 aliphatic rings. The van der Waals surface area contributed by atoms with Gasteiger partial charge in [0.05, 0.1) is 36.2 Å². The van der Waals surface area contributed by atoms with Crippen LogP contribution in [-0.2, 0) is 14.8 Å². The van der Waals surface area contributed by atoms with Gasteiger partial charge in [0.1, 0.15) is 11.5 Å². The summed E-state index contributed by atoms with van der Waals surface area (Å²) in [5.74, 6) is 0.630. The first-order valence-electron chi connectivity index (χ1n) is 10.7. The minimum atomic E-state index is -3.95. The predicted molar refractivity (Wildman–Crippen MR) is 133 cm³/mol. The number of nitrogens with one attached hydrogen (secondary N) is 1. The molecular weight excluding hydrogens is 466 g/mol. The maximum Gasteiger partial charge on any atom is 0.264 e. The number of ether oxygens (including phenoxy) is 2. The minimum Gasteiger partial charge on any atom is -0.497 e. The van der Waals surface area contributed by atoms with E-state index in [2.05, 4.69) is 0 Å². The molecule has 0 radical (unpaired) electrons. The first-order valence-corrected chi connectivity index (χ1v) is 12.2. The maximum absolute atomic E-state index is 12.4. The lowest BCUT2D eigenvalue weighted by atomic mass is 10.1. The Morgan fingerprint density at radius 3 is 2.20 bits per heavy atom. The Hall–Kier alpha value is -4.11. The molecule has 0 aliphatic carbocycles. The fraction of sp³-hybridized carbons (Fsp3) is 0.154. The molecule has 0 spiro atoms. The molecule has 0 saturated carbocycles. The van der Waals surface area contributed by atoms with Crippen LogP contribution in [0.25, 0.3) is 28.2 Å². The standard InChI is InChI=1S/C26H25N3O5S/c1-17-5-7-19(8-6-17)24-16-25(23-15-21(33-3)11-14-26(23)34-4)29(27-24)20-9-12-22(13-10-20)35(31,32)28-18(2)30/h5-16H,1-4H3,(H,28,30). The predicted octanol–water partition coefficient (Wildman–Crippen LogP) is 4.36. The summed E-state index contributed by atoms with van der Waals surface area (Å²) in [6, 6.07) is 21.6. The molecule has 8 nitrogen and oxygen atoms in total. The molecule has 0 bridgehead atoms. The van der Waals surface area contributed by atoms with E-state index in [9.17, 15) is 13.2 Å². The third kappa shape index (κ3) is 5.04. The van der Waals surface area contributed by atoms with Gasteiger partial charge in [-0.3, -0.25) is 4.79 Å². The fourth-order valence-corrected chi connectivity index (χ4v) is 4.65. The highest BCUT2D eigenvalue weighted by molar-refractivity contribution is 7.90. The van der Waals surface area contributed by atoms with Crippen LogP contribution >= 0.6 is 0 Å². The second-order valence-corrected chi connectivity index (χ2v) is 9.60. The molecule has 0 saturated heterocycles. The number of sulfonamides is 1. The molecule has 35 heavy (non-hydrogen) atoms. The van der Waals surface area contributed by atoms with Gasteiger partial charge in [0.15, 0.2) is 0 Å². The number of aromatic nitrogens is 2. The molecule has 0 atom stereocenters. The number of hydrogen-bond donors (Lipinski definition) is 1. The van der Waals surface area contributed by atoms with E-state index in [4.69, 9.17) is 14.6 Å². The normalized spacial score (nSPS) is 11.2. The summed E-state index contributed by atoms with van der Waals surface area (Å²) < 4.78 is 39.5. The number of aryl methyl sites for hydroxylation is 1. The van der Waals surface area contributed by atoms with E-state index in [0.717, 1.165) is 35.0 Å². The topological polar surface area (TPSA) is 99.5 Å². The Labute approximate surface area is 204 Å². The van der Waals surface area contributed by atoms with Gasteiger partial charge in [-0.1, -0.05) is 29.8 Å². The number of carbonyl (C=O) groups is 1. The number of methoxy groups -OCH3 is 2. The Balaban J connectivity index is 1.88. The summed E-state index contributed by atoms with van der Waals surface area (Å²) in [6.07, 6.45) is 0. The van der Waals surface area contributed by atoms with Crippen molar-refractivity contribution in [2.24, 2.45) is 0 Å². The molecule has 1 N–H and O–H groups in total. The van der Waals surface area contributed by atoms with Crippen molar-refractivity contribution < 1.29 is 22.7 Å². The lowest BCUT2D eigenvalue weighted by molar-refractivity contribution is -0.117. The average Bonchev–Trinajstić information content (AvgIpc) is 3.28. The van der Waals surface area contributed by atoms with Gasteiger partial charge in [-0.25, -0.2) is 17.8 Å². The molecule has 1 aromatic heterocycles. The van der Waals surface area contributed by atoms with Crippen molar-refractivity contribution in [3.05, 3.63) is 78.4 Å². The lowest BCUT2D eigenvalue weighted by Gasteiger charge is -2.13. The van der Waals surface area contributed by atoms with Crippen molar-refractivity contribution in [1.82, 2.24) is 14.5 Å². The summed E-state index contributed by atoms with van der Waals surface area (Å²) in [6.45, 7) is 3.17. The number of rotatable bonds is 7. The van der Waals surface area contributed by atoms with Crippen molar-refractivity contribution in [2.45, 2.75) is 18.7 Å². The first-order chi connectivity index (χ1) is 16.7. The fourth-order valence-electron chi connectivity index (χ4n) is 3.66. The molecular formula is C26H25N3O5S. The molecule has 9 heteroatoms. The van der Waals surface area contributed by atoms with E-state index in [1.54, 1.807) is 31.0 Å². The van der Waals surface area contributed by atoms with Crippen LogP contribution in [0.2, 0.25) is 0 Å². The Bertz CT molecular complexity index is 1470. The van der Waals surface area contributed by atoms with Crippen LogP contribution in [0.3, 0.4) is 0 Å². The Kier molecular flexibility index (Phi) is 6.61. The summed E-state index contributed by atoms with van der Waals surface area (Å²) >= 11 is 0. The number of carbonyl (C=O) groups excluding carboxylic acids is 1. The summed E-state index contributed by atoms with van der Waals surface area (Å²) in [7, 11) is -0.764. The van der Waals surface area contributed by atoms with E-state index in [1.807, 2.05) is 60.2 Å². The van der Waals surface area contributed by atoms with Gasteiger partial charge in [0.25, 0.3) is 10.0 Å². The van der Waals surface area contributed by atoms with Crippen LogP contribution in [0.1, 0.15) is 12.5 Å². The monoisotopic (exact) mass is 491 g/mol. The van der Waals surface area contributed by atoms with E-state index in [1.165, 1.54) is 12.1 Å². The zero-order valence-electron chi connectivity index (χ0n) is 19.8. The summed E-state index contributed by atoms with van der Waals surface area (Å²) in [4.78, 5) is 11.2. The zero-order valence-corrected chi connectivity index (χ0v) is 20.6. The van der Waals surface area contributed by atoms with Crippen molar-refractivity contribution in [3.8, 4) is 39.7 Å². The average molecular weight is 492 g/mol. The largest absolute Gasteiger partial charge is 0.497 e. The number of hydrogen-bond acceptors (Lipinski definition) is 6. The first kappa shape index (κ1) is 24.0. The van der Waals surface area contributed by atoms with E-state index >= 15 is 0 Å². The second kappa shape index (κ2) is 9.63. The van der Waals surface area contributed by atoms with Gasteiger partial charge in [0, 0.05) is 18.1 Å². The van der Waals surface area contributed by atoms with Crippen LogP contribution < -0.4 is 14.2 Å². The molecule has 180 valence electrons. The molecule has 4 rings (SSSR count). The number of nitrogens with zero attached hydrogens (tertiary/aromatic N) is 2. The molecule has 3 aromatic carbocycles. The van der Waals surface area contributed by atoms with Crippen molar-refractivity contribution >= 4 is 15.9 Å². The summed E-state index contributed by atoms with van der Waals surface area (Å²) in [5, 5.41) is 4.83. The van der Waals surface area contributed by atoms with Gasteiger partial charge < -0.3 is 9.47 Å². The highest BCUT2D eigenvalue weighted by Gasteiger charge is 2.19. The van der Waals surface area contributed by atoms with Crippen LogP contribution in [-0.4, -0.2) is 38.3 Å². The van der Waals surface area contributed by atoms with Crippen LogP contribution in [0.5, 0.6) is 11.5 Å². The highest BCUT2D eigenvalue weighted by Crippen LogP contribution is 2.37. The quantitative estimate of drug-likeness (QED) is 0.412. The van der Waals surface area contributed by atoms with Crippen LogP contribution in [0.4, 0.5) is 0 Å². The Morgan fingerprint density at radius 2 is 1.60 bits per heavy atom. The van der Waals surface area contributed by atoms with Crippen molar-refractivity contribution in [1.29, 1.82) is 0 Å². The number of amides is 1. The molecule has 0 fully saturated rings. The summed E-state index contributed by atoms with van der Waals surface area (Å²) in [5.41, 5.74) is 4.92. The Morgan fingerprint density at radius 1 is 0.914 bits per heavy atom. The molecule has 0 unspecified atom stereocenters. The molecule has 4 aromatic rings. The van der Waals surface area contributed by atoms with Gasteiger partial charge in [-0.05, 0) is 55.5 Å². The highest BCUT2D eigenvalue weighted by atomic mass is 32.2. The third-order valence-corrected chi connectivity index (χ3v) is 6.86. The molecule has 1 heterocycles. The second-order valence-electron chi connectivity index (χ2n) is 7.91. The van der Waals surface area contributed by atoms with Crippen LogP contribution in [0, 0.1) is 6.92 Å². The maximum atomic E-state index is 12.4. The van der Waals surface area contributed by atoms with Gasteiger partial charge in [-0.15, -0.1) is 0 Å². The molecule has 0 aliphatic heterocycles. The van der Waals surface area contributed by atoms with E-state index in [0.29, 0.717) is 17.2 Å². The molecule has 1 amide bonds.